The quantitative estimate of drug-likeness (QED) is 0.677. The Morgan fingerprint density at radius 2 is 2.00 bits per heavy atom. The first-order valence-corrected chi connectivity index (χ1v) is 7.97. The van der Waals surface area contributed by atoms with E-state index in [2.05, 4.69) is 33.0 Å². The second-order valence-electron chi connectivity index (χ2n) is 6.87. The fourth-order valence-electron chi connectivity index (χ4n) is 3.03. The van der Waals surface area contributed by atoms with Crippen molar-refractivity contribution >= 4 is 0 Å². The van der Waals surface area contributed by atoms with E-state index in [1.165, 1.54) is 19.3 Å². The predicted molar refractivity (Wildman–Crippen MR) is 80.3 cm³/mol. The Morgan fingerprint density at radius 3 is 2.58 bits per heavy atom. The highest BCUT2D eigenvalue weighted by atomic mass is 16.5. The summed E-state index contributed by atoms with van der Waals surface area (Å²) in [6.07, 6.45) is 4.96. The number of nitrogens with one attached hydrogen (secondary N) is 1. The van der Waals surface area contributed by atoms with Crippen LogP contribution in [0, 0.1) is 17.8 Å². The standard InChI is InChI=1S/C16H33NO2/c1-12(2)7-14(4)19-11-16(18)10-17-9-15-6-5-13(3)8-15/h12-18H,5-11H2,1-4H3. The van der Waals surface area contributed by atoms with E-state index in [0.717, 1.165) is 24.8 Å². The van der Waals surface area contributed by atoms with Gasteiger partial charge in [-0.2, -0.15) is 0 Å². The lowest BCUT2D eigenvalue weighted by Crippen LogP contribution is -2.34. The minimum Gasteiger partial charge on any atom is -0.389 e. The van der Waals surface area contributed by atoms with Crippen LogP contribution in [-0.4, -0.2) is 37.0 Å². The number of aliphatic hydroxyl groups excluding tert-OH is 1. The third-order valence-corrected chi connectivity index (χ3v) is 3.99. The van der Waals surface area contributed by atoms with Gasteiger partial charge in [-0.25, -0.2) is 0 Å². The van der Waals surface area contributed by atoms with E-state index in [1.54, 1.807) is 0 Å². The minimum atomic E-state index is -0.381. The summed E-state index contributed by atoms with van der Waals surface area (Å²) in [6.45, 7) is 10.9. The molecule has 2 N–H and O–H groups in total. The molecule has 1 aliphatic rings. The number of ether oxygens (including phenoxy) is 1. The molecule has 4 atom stereocenters. The lowest BCUT2D eigenvalue weighted by Gasteiger charge is -2.19. The van der Waals surface area contributed by atoms with Crippen LogP contribution in [0.5, 0.6) is 0 Å². The van der Waals surface area contributed by atoms with Crippen LogP contribution in [0.2, 0.25) is 0 Å². The molecule has 114 valence electrons. The Morgan fingerprint density at radius 1 is 1.26 bits per heavy atom. The molecular formula is C16H33NO2. The van der Waals surface area contributed by atoms with Gasteiger partial charge in [-0.1, -0.05) is 27.2 Å². The average molecular weight is 271 g/mol. The topological polar surface area (TPSA) is 41.5 Å². The van der Waals surface area contributed by atoms with Crippen LogP contribution in [0.3, 0.4) is 0 Å². The highest BCUT2D eigenvalue weighted by molar-refractivity contribution is 4.75. The Labute approximate surface area is 119 Å². The monoisotopic (exact) mass is 271 g/mol. The van der Waals surface area contributed by atoms with Crippen LogP contribution in [0.1, 0.15) is 53.4 Å². The van der Waals surface area contributed by atoms with Gasteiger partial charge < -0.3 is 15.2 Å². The summed E-state index contributed by atoms with van der Waals surface area (Å²) >= 11 is 0. The van der Waals surface area contributed by atoms with Gasteiger partial charge in [0.15, 0.2) is 0 Å². The van der Waals surface area contributed by atoms with Crippen molar-refractivity contribution in [2.45, 2.75) is 65.6 Å². The molecule has 1 aliphatic carbocycles. The third-order valence-electron chi connectivity index (χ3n) is 3.99. The van der Waals surface area contributed by atoms with Crippen LogP contribution < -0.4 is 5.32 Å². The van der Waals surface area contributed by atoms with Crippen LogP contribution >= 0.6 is 0 Å². The maximum atomic E-state index is 9.87. The molecule has 0 heterocycles. The van der Waals surface area contributed by atoms with Crippen LogP contribution in [-0.2, 0) is 4.74 Å². The molecule has 19 heavy (non-hydrogen) atoms. The smallest absolute Gasteiger partial charge is 0.0897 e. The van der Waals surface area contributed by atoms with E-state index < -0.39 is 0 Å². The fourth-order valence-corrected chi connectivity index (χ4v) is 3.03. The fraction of sp³-hybridized carbons (Fsp3) is 1.00. The Bertz CT molecular complexity index is 233. The van der Waals surface area contributed by atoms with Crippen molar-refractivity contribution in [3.8, 4) is 0 Å². The van der Waals surface area contributed by atoms with Crippen molar-refractivity contribution < 1.29 is 9.84 Å². The van der Waals surface area contributed by atoms with E-state index in [9.17, 15) is 5.11 Å². The first-order chi connectivity index (χ1) is 8.97. The second-order valence-corrected chi connectivity index (χ2v) is 6.87. The van der Waals surface area contributed by atoms with E-state index >= 15 is 0 Å². The molecular weight excluding hydrogens is 238 g/mol. The Hall–Kier alpha value is -0.120. The van der Waals surface area contributed by atoms with Gasteiger partial charge in [-0.05, 0) is 50.5 Å². The summed E-state index contributed by atoms with van der Waals surface area (Å²) in [5.74, 6) is 2.34. The molecule has 0 bridgehead atoms. The number of hydrogen-bond acceptors (Lipinski definition) is 3. The van der Waals surface area contributed by atoms with Crippen LogP contribution in [0.4, 0.5) is 0 Å². The zero-order valence-electron chi connectivity index (χ0n) is 13.2. The van der Waals surface area contributed by atoms with Crippen molar-refractivity contribution in [3.05, 3.63) is 0 Å². The highest BCUT2D eigenvalue weighted by Gasteiger charge is 2.20. The summed E-state index contributed by atoms with van der Waals surface area (Å²) in [4.78, 5) is 0. The first kappa shape index (κ1) is 16.9. The van der Waals surface area contributed by atoms with E-state index in [4.69, 9.17) is 4.74 Å². The Kier molecular flexibility index (Phi) is 7.96. The normalized spacial score (nSPS) is 26.8. The first-order valence-electron chi connectivity index (χ1n) is 7.97. The molecule has 0 aliphatic heterocycles. The molecule has 0 aromatic rings. The van der Waals surface area contributed by atoms with Crippen LogP contribution in [0.15, 0.2) is 0 Å². The van der Waals surface area contributed by atoms with Gasteiger partial charge >= 0.3 is 0 Å². The van der Waals surface area contributed by atoms with Crippen molar-refractivity contribution in [3.63, 3.8) is 0 Å². The molecule has 0 spiro atoms. The summed E-state index contributed by atoms with van der Waals surface area (Å²) in [5, 5.41) is 13.3. The van der Waals surface area contributed by atoms with Gasteiger partial charge in [-0.15, -0.1) is 0 Å². The second kappa shape index (κ2) is 8.93. The molecule has 0 aromatic heterocycles. The molecule has 0 amide bonds. The van der Waals surface area contributed by atoms with Gasteiger partial charge in [-0.3, -0.25) is 0 Å². The minimum absolute atomic E-state index is 0.241. The summed E-state index contributed by atoms with van der Waals surface area (Å²) in [5.41, 5.74) is 0. The van der Waals surface area contributed by atoms with Gasteiger partial charge in [0.2, 0.25) is 0 Å². The zero-order valence-corrected chi connectivity index (χ0v) is 13.2. The van der Waals surface area contributed by atoms with Gasteiger partial charge in [0, 0.05) is 6.54 Å². The SMILES string of the molecule is CC(C)CC(C)OCC(O)CNCC1CCC(C)C1. The number of hydrogen-bond donors (Lipinski definition) is 2. The lowest BCUT2D eigenvalue weighted by molar-refractivity contribution is -0.00867. The predicted octanol–water partition coefficient (Wildman–Crippen LogP) is 2.82. The number of aliphatic hydroxyl groups is 1. The van der Waals surface area contributed by atoms with Gasteiger partial charge in [0.05, 0.1) is 18.8 Å². The highest BCUT2D eigenvalue weighted by Crippen LogP contribution is 2.29. The average Bonchev–Trinajstić information content (AvgIpc) is 2.71. The van der Waals surface area contributed by atoms with E-state index in [0.29, 0.717) is 19.1 Å². The molecule has 0 aromatic carbocycles. The maximum Gasteiger partial charge on any atom is 0.0897 e. The molecule has 0 radical (unpaired) electrons. The molecule has 1 saturated carbocycles. The van der Waals surface area contributed by atoms with Crippen molar-refractivity contribution in [1.29, 1.82) is 0 Å². The Balaban J connectivity index is 2.00. The van der Waals surface area contributed by atoms with Crippen molar-refractivity contribution in [1.82, 2.24) is 5.32 Å². The van der Waals surface area contributed by atoms with Crippen LogP contribution in [0.25, 0.3) is 0 Å². The zero-order chi connectivity index (χ0) is 14.3. The molecule has 3 heteroatoms. The van der Waals surface area contributed by atoms with Crippen molar-refractivity contribution in [2.24, 2.45) is 17.8 Å². The van der Waals surface area contributed by atoms with Gasteiger partial charge in [0.1, 0.15) is 0 Å². The summed E-state index contributed by atoms with van der Waals surface area (Å²) in [6, 6.07) is 0. The summed E-state index contributed by atoms with van der Waals surface area (Å²) in [7, 11) is 0. The molecule has 4 unspecified atom stereocenters. The third kappa shape index (κ3) is 7.91. The molecule has 0 saturated heterocycles. The molecule has 1 fully saturated rings. The summed E-state index contributed by atoms with van der Waals surface area (Å²) < 4.78 is 5.66. The van der Waals surface area contributed by atoms with E-state index in [1.807, 2.05) is 0 Å². The molecule has 1 rings (SSSR count). The largest absolute Gasteiger partial charge is 0.389 e. The molecule has 3 nitrogen and oxygen atoms in total. The van der Waals surface area contributed by atoms with Crippen molar-refractivity contribution in [2.75, 3.05) is 19.7 Å². The lowest BCUT2D eigenvalue weighted by atomic mass is 10.1. The van der Waals surface area contributed by atoms with E-state index in [-0.39, 0.29) is 12.2 Å². The van der Waals surface area contributed by atoms with Gasteiger partial charge in [0.25, 0.3) is 0 Å². The maximum absolute atomic E-state index is 9.87. The number of rotatable bonds is 9.